The molecule has 3 rings (SSSR count). The van der Waals surface area contributed by atoms with Crippen LogP contribution >= 0.6 is 0 Å². The molecule has 1 heterocycles. The molecule has 0 spiro atoms. The monoisotopic (exact) mass is 462 g/mol. The van der Waals surface area contributed by atoms with Gasteiger partial charge in [0.15, 0.2) is 0 Å². The summed E-state index contributed by atoms with van der Waals surface area (Å²) < 4.78 is 0. The SMILES string of the molecule is CCCCCCCCN1C(=O)[C@H](Cc2ccc(-c3cccc(C=O)c3)cc2)N(C)C(=O)C1(C)C. The van der Waals surface area contributed by atoms with Crippen molar-refractivity contribution in [3.05, 3.63) is 59.7 Å². The normalized spacial score (nSPS) is 17.8. The molecular formula is C29H38N2O3. The summed E-state index contributed by atoms with van der Waals surface area (Å²) in [5.41, 5.74) is 2.82. The third-order valence-corrected chi connectivity index (χ3v) is 7.01. The molecule has 1 atom stereocenters. The number of amides is 2. The summed E-state index contributed by atoms with van der Waals surface area (Å²) in [6.07, 6.45) is 8.21. The van der Waals surface area contributed by atoms with Crippen molar-refractivity contribution in [2.24, 2.45) is 0 Å². The predicted octanol–water partition coefficient (Wildman–Crippen LogP) is 5.52. The lowest BCUT2D eigenvalue weighted by atomic mass is 9.90. The number of hydrogen-bond donors (Lipinski definition) is 0. The first-order chi connectivity index (χ1) is 16.3. The second-order valence-electron chi connectivity index (χ2n) is 9.89. The Balaban J connectivity index is 1.70. The topological polar surface area (TPSA) is 57.7 Å². The average molecular weight is 463 g/mol. The molecule has 0 aliphatic carbocycles. The number of nitrogens with zero attached hydrogens (tertiary/aromatic N) is 2. The molecular weight excluding hydrogens is 424 g/mol. The van der Waals surface area contributed by atoms with Crippen molar-refractivity contribution >= 4 is 18.1 Å². The zero-order chi connectivity index (χ0) is 24.7. The fourth-order valence-electron chi connectivity index (χ4n) is 4.82. The minimum absolute atomic E-state index is 0.00891. The number of hydrogen-bond acceptors (Lipinski definition) is 3. The van der Waals surface area contributed by atoms with E-state index in [1.165, 1.54) is 25.7 Å². The fourth-order valence-corrected chi connectivity index (χ4v) is 4.82. The van der Waals surface area contributed by atoms with Crippen molar-refractivity contribution in [3.8, 4) is 11.1 Å². The molecule has 0 N–H and O–H groups in total. The number of rotatable bonds is 11. The van der Waals surface area contributed by atoms with Crippen LogP contribution in [0.5, 0.6) is 0 Å². The van der Waals surface area contributed by atoms with Crippen LogP contribution in [0.1, 0.15) is 75.2 Å². The molecule has 0 saturated carbocycles. The summed E-state index contributed by atoms with van der Waals surface area (Å²) in [7, 11) is 1.74. The van der Waals surface area contributed by atoms with E-state index in [1.54, 1.807) is 22.9 Å². The molecule has 1 saturated heterocycles. The maximum absolute atomic E-state index is 13.5. The minimum atomic E-state index is -0.820. The molecule has 0 radical (unpaired) electrons. The fraction of sp³-hybridized carbons (Fsp3) is 0.483. The van der Waals surface area contributed by atoms with Crippen LogP contribution < -0.4 is 0 Å². The van der Waals surface area contributed by atoms with E-state index >= 15 is 0 Å². The molecule has 0 bridgehead atoms. The first-order valence-electron chi connectivity index (χ1n) is 12.5. The zero-order valence-electron chi connectivity index (χ0n) is 21.0. The molecule has 182 valence electrons. The summed E-state index contributed by atoms with van der Waals surface area (Å²) in [4.78, 5) is 41.2. The second kappa shape index (κ2) is 11.5. The Morgan fingerprint density at radius 1 is 0.912 bits per heavy atom. The highest BCUT2D eigenvalue weighted by Gasteiger charge is 2.49. The van der Waals surface area contributed by atoms with Crippen molar-refractivity contribution in [2.75, 3.05) is 13.6 Å². The third-order valence-electron chi connectivity index (χ3n) is 7.01. The van der Waals surface area contributed by atoms with Crippen LogP contribution in [0.3, 0.4) is 0 Å². The summed E-state index contributed by atoms with van der Waals surface area (Å²) >= 11 is 0. The molecule has 2 aromatic rings. The number of aldehydes is 1. The van der Waals surface area contributed by atoms with Crippen molar-refractivity contribution < 1.29 is 14.4 Å². The molecule has 5 heteroatoms. The minimum Gasteiger partial charge on any atom is -0.331 e. The molecule has 1 aliphatic heterocycles. The van der Waals surface area contributed by atoms with E-state index in [9.17, 15) is 14.4 Å². The Kier molecular flexibility index (Phi) is 8.65. The Bertz CT molecular complexity index is 997. The summed E-state index contributed by atoms with van der Waals surface area (Å²) in [6.45, 7) is 6.55. The smallest absolute Gasteiger partial charge is 0.248 e. The van der Waals surface area contributed by atoms with Gasteiger partial charge in [0, 0.05) is 25.6 Å². The lowest BCUT2D eigenvalue weighted by Gasteiger charge is -2.48. The van der Waals surface area contributed by atoms with Gasteiger partial charge in [-0.05, 0) is 43.0 Å². The Morgan fingerprint density at radius 3 is 2.26 bits per heavy atom. The standard InChI is InChI=1S/C29H38N2O3/c1-5-6-7-8-9-10-18-31-27(33)26(30(4)28(34)29(31,2)3)20-22-14-16-24(17-15-22)25-13-11-12-23(19-25)21-32/h11-17,19,21,26H,5-10,18,20H2,1-4H3/t26-/m0/s1. The molecule has 0 aromatic heterocycles. The van der Waals surface area contributed by atoms with Gasteiger partial charge in [0.1, 0.15) is 17.9 Å². The maximum Gasteiger partial charge on any atom is 0.248 e. The molecule has 5 nitrogen and oxygen atoms in total. The number of piperazine rings is 1. The molecule has 1 aliphatic rings. The van der Waals surface area contributed by atoms with E-state index in [4.69, 9.17) is 0 Å². The van der Waals surface area contributed by atoms with Crippen molar-refractivity contribution in [1.82, 2.24) is 9.80 Å². The van der Waals surface area contributed by atoms with E-state index in [-0.39, 0.29) is 11.8 Å². The summed E-state index contributed by atoms with van der Waals surface area (Å²) in [6, 6.07) is 15.0. The van der Waals surface area contributed by atoms with Gasteiger partial charge in [-0.25, -0.2) is 0 Å². The van der Waals surface area contributed by atoms with E-state index in [1.807, 2.05) is 56.3 Å². The highest BCUT2D eigenvalue weighted by Crippen LogP contribution is 2.29. The number of likely N-dealkylation sites (N-methyl/N-ethyl adjacent to an activating group) is 1. The molecule has 2 aromatic carbocycles. The Hall–Kier alpha value is -2.95. The second-order valence-corrected chi connectivity index (χ2v) is 9.89. The average Bonchev–Trinajstić information content (AvgIpc) is 2.85. The summed E-state index contributed by atoms with van der Waals surface area (Å²) in [5.74, 6) is 0.0220. The molecule has 34 heavy (non-hydrogen) atoms. The van der Waals surface area contributed by atoms with Gasteiger partial charge < -0.3 is 9.80 Å². The predicted molar refractivity (Wildman–Crippen MR) is 137 cm³/mol. The van der Waals surface area contributed by atoms with Crippen LogP contribution in [0.15, 0.2) is 48.5 Å². The highest BCUT2D eigenvalue weighted by atomic mass is 16.2. The van der Waals surface area contributed by atoms with Gasteiger partial charge >= 0.3 is 0 Å². The quantitative estimate of drug-likeness (QED) is 0.326. The van der Waals surface area contributed by atoms with Gasteiger partial charge in [-0.2, -0.15) is 0 Å². The number of unbranched alkanes of at least 4 members (excludes halogenated alkanes) is 5. The number of carbonyl (C=O) groups is 3. The first kappa shape index (κ1) is 25.7. The summed E-state index contributed by atoms with van der Waals surface area (Å²) in [5, 5.41) is 0. The molecule has 2 amide bonds. The zero-order valence-corrected chi connectivity index (χ0v) is 21.0. The Morgan fingerprint density at radius 2 is 1.59 bits per heavy atom. The van der Waals surface area contributed by atoms with Crippen LogP contribution in [0.4, 0.5) is 0 Å². The van der Waals surface area contributed by atoms with Gasteiger partial charge in [-0.1, -0.05) is 81.5 Å². The molecule has 0 unspecified atom stereocenters. The van der Waals surface area contributed by atoms with E-state index in [2.05, 4.69) is 6.92 Å². The van der Waals surface area contributed by atoms with E-state index < -0.39 is 11.6 Å². The van der Waals surface area contributed by atoms with Gasteiger partial charge in [-0.3, -0.25) is 14.4 Å². The van der Waals surface area contributed by atoms with Gasteiger partial charge in [0.25, 0.3) is 0 Å². The van der Waals surface area contributed by atoms with E-state index in [0.717, 1.165) is 35.8 Å². The lowest BCUT2D eigenvalue weighted by molar-refractivity contribution is -0.166. The van der Waals surface area contributed by atoms with Gasteiger partial charge in [-0.15, -0.1) is 0 Å². The highest BCUT2D eigenvalue weighted by molar-refractivity contribution is 5.99. The van der Waals surface area contributed by atoms with Gasteiger partial charge in [0.2, 0.25) is 11.8 Å². The lowest BCUT2D eigenvalue weighted by Crippen LogP contribution is -2.69. The number of carbonyl (C=O) groups excluding carboxylic acids is 3. The maximum atomic E-state index is 13.5. The van der Waals surface area contributed by atoms with Crippen LogP contribution in [-0.4, -0.2) is 53.1 Å². The van der Waals surface area contributed by atoms with Crippen LogP contribution in [-0.2, 0) is 16.0 Å². The van der Waals surface area contributed by atoms with Crippen molar-refractivity contribution in [3.63, 3.8) is 0 Å². The largest absolute Gasteiger partial charge is 0.331 e. The van der Waals surface area contributed by atoms with Crippen LogP contribution in [0.25, 0.3) is 11.1 Å². The van der Waals surface area contributed by atoms with Gasteiger partial charge in [0.05, 0.1) is 0 Å². The Labute approximate surface area is 204 Å². The third kappa shape index (κ3) is 5.75. The number of benzene rings is 2. The van der Waals surface area contributed by atoms with E-state index in [0.29, 0.717) is 18.5 Å². The van der Waals surface area contributed by atoms with Crippen LogP contribution in [0.2, 0.25) is 0 Å². The molecule has 1 fully saturated rings. The first-order valence-corrected chi connectivity index (χ1v) is 12.5. The van der Waals surface area contributed by atoms with Crippen molar-refractivity contribution in [2.45, 2.75) is 77.3 Å². The van der Waals surface area contributed by atoms with Crippen molar-refractivity contribution in [1.29, 1.82) is 0 Å². The van der Waals surface area contributed by atoms with Crippen LogP contribution in [0, 0.1) is 0 Å².